The van der Waals surface area contributed by atoms with Crippen LogP contribution in [0, 0.1) is 11.7 Å². The lowest BCUT2D eigenvalue weighted by molar-refractivity contribution is 0.0887. The minimum absolute atomic E-state index is 0.0426. The van der Waals surface area contributed by atoms with Crippen molar-refractivity contribution in [3.8, 4) is 5.75 Å². The summed E-state index contributed by atoms with van der Waals surface area (Å²) in [7, 11) is 1.46. The smallest absolute Gasteiger partial charge is 0.172 e. The average Bonchev–Trinajstić information content (AvgIpc) is 2.86. The Labute approximate surface area is 111 Å². The Bertz CT molecular complexity index is 464. The Kier molecular flexibility index (Phi) is 4.50. The predicted octanol–water partition coefficient (Wildman–Crippen LogP) is 1.64. The van der Waals surface area contributed by atoms with Gasteiger partial charge in [-0.1, -0.05) is 6.92 Å². The molecule has 0 aromatic heterocycles. The number of benzene rings is 1. The van der Waals surface area contributed by atoms with Crippen LogP contribution in [0.2, 0.25) is 0 Å². The van der Waals surface area contributed by atoms with Gasteiger partial charge in [0.15, 0.2) is 5.78 Å². The number of hydrogen-bond acceptors (Lipinski definition) is 4. The van der Waals surface area contributed by atoms with Gasteiger partial charge in [-0.15, -0.1) is 0 Å². The van der Waals surface area contributed by atoms with E-state index in [1.165, 1.54) is 19.2 Å². The average molecular weight is 267 g/mol. The van der Waals surface area contributed by atoms with Gasteiger partial charge < -0.3 is 14.8 Å². The van der Waals surface area contributed by atoms with Gasteiger partial charge in [0.1, 0.15) is 11.6 Å². The van der Waals surface area contributed by atoms with E-state index >= 15 is 0 Å². The number of carbonyl (C=O) groups excluding carboxylic acids is 1. The first kappa shape index (κ1) is 14.0. The Morgan fingerprint density at radius 1 is 1.53 bits per heavy atom. The highest BCUT2D eigenvalue weighted by Gasteiger charge is 2.34. The molecule has 1 N–H and O–H groups in total. The molecule has 0 amide bonds. The molecule has 1 aromatic carbocycles. The maximum absolute atomic E-state index is 13.9. The third-order valence-electron chi connectivity index (χ3n) is 3.33. The lowest BCUT2D eigenvalue weighted by atomic mass is 9.93. The van der Waals surface area contributed by atoms with Crippen LogP contribution in [-0.2, 0) is 4.74 Å². The Morgan fingerprint density at radius 2 is 2.32 bits per heavy atom. The predicted molar refractivity (Wildman–Crippen MR) is 69.1 cm³/mol. The summed E-state index contributed by atoms with van der Waals surface area (Å²) >= 11 is 0. The molecule has 2 rings (SSSR count). The molecule has 1 heterocycles. The van der Waals surface area contributed by atoms with Crippen molar-refractivity contribution in [2.75, 3.05) is 26.9 Å². The SMILES string of the molecule is CCNC1COCC1C(=O)c1ccc(OC)cc1F. The van der Waals surface area contributed by atoms with Crippen molar-refractivity contribution >= 4 is 5.78 Å². The highest BCUT2D eigenvalue weighted by molar-refractivity contribution is 5.99. The van der Waals surface area contributed by atoms with Gasteiger partial charge in [0, 0.05) is 12.1 Å². The number of ketones is 1. The molecule has 0 saturated carbocycles. The van der Waals surface area contributed by atoms with Crippen LogP contribution in [0.3, 0.4) is 0 Å². The van der Waals surface area contributed by atoms with Crippen molar-refractivity contribution in [3.63, 3.8) is 0 Å². The second kappa shape index (κ2) is 6.12. The molecule has 5 heteroatoms. The summed E-state index contributed by atoms with van der Waals surface area (Å²) in [5.74, 6) is -0.696. The first-order valence-electron chi connectivity index (χ1n) is 6.36. The molecule has 0 aliphatic carbocycles. The van der Waals surface area contributed by atoms with Crippen molar-refractivity contribution in [2.24, 2.45) is 5.92 Å². The van der Waals surface area contributed by atoms with Crippen LogP contribution in [0.25, 0.3) is 0 Å². The third kappa shape index (κ3) is 2.93. The van der Waals surface area contributed by atoms with Gasteiger partial charge in [0.25, 0.3) is 0 Å². The molecule has 1 aliphatic rings. The van der Waals surface area contributed by atoms with E-state index in [0.717, 1.165) is 6.54 Å². The molecular formula is C14H18FNO3. The van der Waals surface area contributed by atoms with E-state index in [1.54, 1.807) is 6.07 Å². The third-order valence-corrected chi connectivity index (χ3v) is 3.33. The molecule has 19 heavy (non-hydrogen) atoms. The topological polar surface area (TPSA) is 47.6 Å². The molecule has 2 atom stereocenters. The molecule has 104 valence electrons. The van der Waals surface area contributed by atoms with Gasteiger partial charge in [-0.3, -0.25) is 4.79 Å². The number of ether oxygens (including phenoxy) is 2. The largest absolute Gasteiger partial charge is 0.497 e. The summed E-state index contributed by atoms with van der Waals surface area (Å²) in [4.78, 5) is 12.4. The fourth-order valence-electron chi connectivity index (χ4n) is 2.30. The summed E-state index contributed by atoms with van der Waals surface area (Å²) in [6, 6.07) is 4.25. The minimum atomic E-state index is -0.550. The second-order valence-corrected chi connectivity index (χ2v) is 4.52. The van der Waals surface area contributed by atoms with Gasteiger partial charge in [-0.2, -0.15) is 0 Å². The number of rotatable bonds is 5. The number of nitrogens with one attached hydrogen (secondary N) is 1. The molecule has 2 unspecified atom stereocenters. The standard InChI is InChI=1S/C14H18FNO3/c1-3-16-13-8-19-7-11(13)14(17)10-5-4-9(18-2)6-12(10)15/h4-6,11,13,16H,3,7-8H2,1-2H3. The van der Waals surface area contributed by atoms with Crippen LogP contribution < -0.4 is 10.1 Å². The number of halogens is 1. The quantitative estimate of drug-likeness (QED) is 0.824. The molecule has 4 nitrogen and oxygen atoms in total. The normalized spacial score (nSPS) is 22.5. The van der Waals surface area contributed by atoms with E-state index in [0.29, 0.717) is 19.0 Å². The van der Waals surface area contributed by atoms with E-state index in [-0.39, 0.29) is 23.3 Å². The Balaban J connectivity index is 2.19. The van der Waals surface area contributed by atoms with Crippen molar-refractivity contribution < 1.29 is 18.7 Å². The fraction of sp³-hybridized carbons (Fsp3) is 0.500. The lowest BCUT2D eigenvalue weighted by Gasteiger charge is -2.17. The molecule has 0 bridgehead atoms. The lowest BCUT2D eigenvalue weighted by Crippen LogP contribution is -2.39. The Morgan fingerprint density at radius 3 is 2.95 bits per heavy atom. The first-order valence-corrected chi connectivity index (χ1v) is 6.36. The van der Waals surface area contributed by atoms with Gasteiger partial charge in [0.05, 0.1) is 31.8 Å². The maximum Gasteiger partial charge on any atom is 0.172 e. The summed E-state index contributed by atoms with van der Waals surface area (Å²) in [5, 5.41) is 3.19. The van der Waals surface area contributed by atoms with E-state index in [9.17, 15) is 9.18 Å². The number of Topliss-reactive ketones (excluding diaryl/α,β-unsaturated/α-hetero) is 1. The molecule has 0 radical (unpaired) electrons. The monoisotopic (exact) mass is 267 g/mol. The van der Waals surface area contributed by atoms with Crippen molar-refractivity contribution in [3.05, 3.63) is 29.6 Å². The van der Waals surface area contributed by atoms with Gasteiger partial charge in [-0.25, -0.2) is 4.39 Å². The molecule has 0 spiro atoms. The van der Waals surface area contributed by atoms with Crippen LogP contribution in [0.15, 0.2) is 18.2 Å². The number of hydrogen-bond donors (Lipinski definition) is 1. The van der Waals surface area contributed by atoms with Crippen molar-refractivity contribution in [2.45, 2.75) is 13.0 Å². The zero-order valence-corrected chi connectivity index (χ0v) is 11.1. The zero-order valence-electron chi connectivity index (χ0n) is 11.1. The minimum Gasteiger partial charge on any atom is -0.497 e. The number of methoxy groups -OCH3 is 1. The summed E-state index contributed by atoms with van der Waals surface area (Å²) in [5.41, 5.74) is 0.0965. The Hall–Kier alpha value is -1.46. The van der Waals surface area contributed by atoms with Crippen LogP contribution >= 0.6 is 0 Å². The van der Waals surface area contributed by atoms with E-state index in [2.05, 4.69) is 5.32 Å². The maximum atomic E-state index is 13.9. The summed E-state index contributed by atoms with van der Waals surface area (Å²) in [6.45, 7) is 3.54. The van der Waals surface area contributed by atoms with E-state index in [1.807, 2.05) is 6.92 Å². The summed E-state index contributed by atoms with van der Waals surface area (Å²) < 4.78 is 24.1. The van der Waals surface area contributed by atoms with E-state index in [4.69, 9.17) is 9.47 Å². The van der Waals surface area contributed by atoms with Crippen LogP contribution in [-0.4, -0.2) is 38.7 Å². The van der Waals surface area contributed by atoms with Crippen LogP contribution in [0.1, 0.15) is 17.3 Å². The highest BCUT2D eigenvalue weighted by atomic mass is 19.1. The fourth-order valence-corrected chi connectivity index (χ4v) is 2.30. The second-order valence-electron chi connectivity index (χ2n) is 4.52. The highest BCUT2D eigenvalue weighted by Crippen LogP contribution is 2.23. The van der Waals surface area contributed by atoms with Crippen LogP contribution in [0.5, 0.6) is 5.75 Å². The number of carbonyl (C=O) groups is 1. The van der Waals surface area contributed by atoms with E-state index < -0.39 is 5.82 Å². The molecule has 1 aliphatic heterocycles. The molecular weight excluding hydrogens is 249 g/mol. The van der Waals surface area contributed by atoms with Crippen LogP contribution in [0.4, 0.5) is 4.39 Å². The molecule has 1 fully saturated rings. The molecule has 1 saturated heterocycles. The molecule has 1 aromatic rings. The van der Waals surface area contributed by atoms with Gasteiger partial charge in [-0.05, 0) is 18.7 Å². The van der Waals surface area contributed by atoms with Gasteiger partial charge >= 0.3 is 0 Å². The van der Waals surface area contributed by atoms with Crippen molar-refractivity contribution in [1.29, 1.82) is 0 Å². The van der Waals surface area contributed by atoms with Gasteiger partial charge in [0.2, 0.25) is 0 Å². The van der Waals surface area contributed by atoms with Crippen molar-refractivity contribution in [1.82, 2.24) is 5.32 Å². The number of likely N-dealkylation sites (N-methyl/N-ethyl adjacent to an activating group) is 1. The first-order chi connectivity index (χ1) is 9.17. The summed E-state index contributed by atoms with van der Waals surface area (Å²) in [6.07, 6.45) is 0. The zero-order chi connectivity index (χ0) is 13.8.